The van der Waals surface area contributed by atoms with E-state index in [0.29, 0.717) is 25.0 Å². The molecule has 0 bridgehead atoms. The predicted molar refractivity (Wildman–Crippen MR) is 190 cm³/mol. The van der Waals surface area contributed by atoms with Crippen molar-refractivity contribution in [1.82, 2.24) is 25.8 Å². The number of nitrogens with one attached hydrogen (secondary N) is 3. The van der Waals surface area contributed by atoms with E-state index in [1.165, 1.54) is 24.8 Å². The van der Waals surface area contributed by atoms with Gasteiger partial charge in [-0.15, -0.1) is 0 Å². The van der Waals surface area contributed by atoms with Crippen LogP contribution in [0.15, 0.2) is 41.7 Å². The normalized spacial score (nSPS) is 22.3. The van der Waals surface area contributed by atoms with Gasteiger partial charge in [0.2, 0.25) is 23.5 Å². The lowest BCUT2D eigenvalue weighted by Crippen LogP contribution is -2.59. The predicted octanol–water partition coefficient (Wildman–Crippen LogP) is 4.19. The summed E-state index contributed by atoms with van der Waals surface area (Å²) in [5, 5.41) is 13.6. The molecule has 1 aliphatic carbocycles. The summed E-state index contributed by atoms with van der Waals surface area (Å²) in [7, 11) is 1.36. The van der Waals surface area contributed by atoms with Gasteiger partial charge >= 0.3 is 0 Å². The zero-order chi connectivity index (χ0) is 36.1. The highest BCUT2D eigenvalue weighted by atomic mass is 16.7. The van der Waals surface area contributed by atoms with Crippen molar-refractivity contribution >= 4 is 46.0 Å². The van der Waals surface area contributed by atoms with Crippen molar-refractivity contribution in [3.8, 4) is 0 Å². The first-order valence-corrected chi connectivity index (χ1v) is 18.1. The van der Waals surface area contributed by atoms with Gasteiger partial charge in [-0.05, 0) is 36.7 Å². The van der Waals surface area contributed by atoms with E-state index in [9.17, 15) is 24.0 Å². The van der Waals surface area contributed by atoms with E-state index in [0.717, 1.165) is 42.1 Å². The number of carbonyl (C=O) groups excluding carboxylic acids is 5. The van der Waals surface area contributed by atoms with Crippen LogP contribution in [0, 0.1) is 11.3 Å². The van der Waals surface area contributed by atoms with E-state index in [-0.39, 0.29) is 31.2 Å². The van der Waals surface area contributed by atoms with Crippen LogP contribution in [0.2, 0.25) is 0 Å². The highest BCUT2D eigenvalue weighted by Crippen LogP contribution is 2.41. The molecule has 50 heavy (non-hydrogen) atoms. The standard InChI is InChI=1S/C38H52N6O6/c1-6-13-27(32(46)35(48)39-5)41-34(47)29-22-38(21-28(43-50-38)26-18-11-16-25-17-12-19-40-31(25)26)23-44(29)36(49)33(37(2,3)4)42-30(45)20-24-14-9-7-8-10-15-24/h11-12,16-19,24,27,29,33H,6-10,13-15,20-23H2,1-5H3,(H,39,48)(H,41,47)(H,42,45)/t27-,29-,33+,38+/m0/s1. The van der Waals surface area contributed by atoms with Crippen LogP contribution in [0.4, 0.5) is 0 Å². The minimum Gasteiger partial charge on any atom is -0.387 e. The number of likely N-dealkylation sites (tertiary alicyclic amines) is 1. The number of pyridine rings is 1. The van der Waals surface area contributed by atoms with Gasteiger partial charge in [0, 0.05) is 43.5 Å². The number of carbonyl (C=O) groups is 5. The van der Waals surface area contributed by atoms with Crippen molar-refractivity contribution in [2.75, 3.05) is 13.6 Å². The van der Waals surface area contributed by atoms with E-state index in [2.05, 4.69) is 26.1 Å². The van der Waals surface area contributed by atoms with Gasteiger partial charge in [-0.3, -0.25) is 29.0 Å². The molecule has 5 rings (SSSR count). The Labute approximate surface area is 294 Å². The molecule has 12 heteroatoms. The molecule has 3 aliphatic rings. The van der Waals surface area contributed by atoms with Crippen molar-refractivity contribution in [3.63, 3.8) is 0 Å². The Morgan fingerprint density at radius 3 is 2.42 bits per heavy atom. The molecule has 1 saturated carbocycles. The number of hydrogen-bond donors (Lipinski definition) is 3. The average molecular weight is 689 g/mol. The van der Waals surface area contributed by atoms with E-state index >= 15 is 0 Å². The zero-order valence-electron chi connectivity index (χ0n) is 30.0. The smallest absolute Gasteiger partial charge is 0.289 e. The van der Waals surface area contributed by atoms with Gasteiger partial charge in [-0.2, -0.15) is 0 Å². The third-order valence-electron chi connectivity index (χ3n) is 10.3. The molecule has 1 aromatic heterocycles. The number of oxime groups is 1. The molecule has 0 radical (unpaired) electrons. The molecular formula is C38H52N6O6. The van der Waals surface area contributed by atoms with Crippen molar-refractivity contribution in [3.05, 3.63) is 42.1 Å². The first-order valence-electron chi connectivity index (χ1n) is 18.1. The first kappa shape index (κ1) is 36.9. The summed E-state index contributed by atoms with van der Waals surface area (Å²) in [6, 6.07) is 6.64. The van der Waals surface area contributed by atoms with E-state index in [4.69, 9.17) is 4.84 Å². The Bertz CT molecular complexity index is 1620. The molecule has 2 aliphatic heterocycles. The molecule has 2 fully saturated rings. The van der Waals surface area contributed by atoms with E-state index in [1.54, 1.807) is 6.20 Å². The van der Waals surface area contributed by atoms with Gasteiger partial charge in [0.1, 0.15) is 12.1 Å². The quantitative estimate of drug-likeness (QED) is 0.236. The average Bonchev–Trinajstić information content (AvgIpc) is 3.59. The van der Waals surface area contributed by atoms with Crippen molar-refractivity contribution < 1.29 is 28.8 Å². The van der Waals surface area contributed by atoms with Crippen molar-refractivity contribution in [1.29, 1.82) is 0 Å². The molecule has 1 saturated heterocycles. The molecule has 3 heterocycles. The summed E-state index contributed by atoms with van der Waals surface area (Å²) in [5.41, 5.74) is 0.532. The summed E-state index contributed by atoms with van der Waals surface area (Å²) in [5.74, 6) is -2.42. The Hall–Kier alpha value is -4.35. The van der Waals surface area contributed by atoms with Gasteiger partial charge in [0.05, 0.1) is 23.8 Å². The fourth-order valence-corrected chi connectivity index (χ4v) is 7.58. The number of nitrogens with zero attached hydrogens (tertiary/aromatic N) is 3. The maximum atomic E-state index is 14.7. The maximum absolute atomic E-state index is 14.7. The van der Waals surface area contributed by atoms with Crippen LogP contribution in [0.1, 0.15) is 104 Å². The lowest BCUT2D eigenvalue weighted by atomic mass is 9.85. The molecule has 1 aromatic carbocycles. The monoisotopic (exact) mass is 688 g/mol. The number of para-hydroxylation sites is 1. The summed E-state index contributed by atoms with van der Waals surface area (Å²) in [4.78, 5) is 79.7. The minimum atomic E-state index is -1.06. The summed E-state index contributed by atoms with van der Waals surface area (Å²) in [6.45, 7) is 7.57. The van der Waals surface area contributed by atoms with Crippen LogP contribution >= 0.6 is 0 Å². The molecule has 0 unspecified atom stereocenters. The molecule has 12 nitrogen and oxygen atoms in total. The number of ketones is 1. The molecule has 4 atom stereocenters. The number of aromatic nitrogens is 1. The molecular weight excluding hydrogens is 636 g/mol. The Morgan fingerprint density at radius 2 is 1.74 bits per heavy atom. The highest BCUT2D eigenvalue weighted by molar-refractivity contribution is 6.38. The van der Waals surface area contributed by atoms with Crippen molar-refractivity contribution in [2.24, 2.45) is 16.5 Å². The van der Waals surface area contributed by atoms with Crippen LogP contribution in [0.25, 0.3) is 10.9 Å². The molecule has 2 aromatic rings. The van der Waals surface area contributed by atoms with Crippen LogP contribution < -0.4 is 16.0 Å². The second-order valence-corrected chi connectivity index (χ2v) is 15.3. The fourth-order valence-electron chi connectivity index (χ4n) is 7.58. The van der Waals surface area contributed by atoms with Crippen LogP contribution in [-0.4, -0.2) is 82.3 Å². The Balaban J connectivity index is 1.42. The summed E-state index contributed by atoms with van der Waals surface area (Å²) in [6.07, 6.45) is 9.86. The topological polar surface area (TPSA) is 159 Å². The molecule has 1 spiro atoms. The first-order chi connectivity index (χ1) is 23.9. The van der Waals surface area contributed by atoms with E-state index in [1.807, 2.05) is 58.0 Å². The number of hydrogen-bond acceptors (Lipinski definition) is 8. The second kappa shape index (κ2) is 15.7. The van der Waals surface area contributed by atoms with Gasteiger partial charge in [-0.1, -0.05) is 89.2 Å². The number of benzene rings is 1. The summed E-state index contributed by atoms with van der Waals surface area (Å²) >= 11 is 0. The largest absolute Gasteiger partial charge is 0.387 e. The Morgan fingerprint density at radius 1 is 1.02 bits per heavy atom. The van der Waals surface area contributed by atoms with Crippen LogP contribution in [0.5, 0.6) is 0 Å². The third-order valence-corrected chi connectivity index (χ3v) is 10.3. The highest BCUT2D eigenvalue weighted by Gasteiger charge is 2.55. The SMILES string of the molecule is CCC[C@H](NC(=O)[C@@H]1C[C@]2(CC(c3cccc4cccnc34)=NO2)CN1C(=O)[C@@H](NC(=O)CC1CCCCCC1)C(C)(C)C)C(=O)C(=O)NC. The van der Waals surface area contributed by atoms with Gasteiger partial charge in [0.15, 0.2) is 5.60 Å². The van der Waals surface area contributed by atoms with Crippen molar-refractivity contribution in [2.45, 2.75) is 122 Å². The fraction of sp³-hybridized carbons (Fsp3) is 0.605. The van der Waals surface area contributed by atoms with Gasteiger partial charge in [-0.25, -0.2) is 0 Å². The summed E-state index contributed by atoms with van der Waals surface area (Å²) < 4.78 is 0. The number of amides is 4. The van der Waals surface area contributed by atoms with Gasteiger partial charge in [0.25, 0.3) is 5.91 Å². The molecule has 270 valence electrons. The molecule has 4 amide bonds. The van der Waals surface area contributed by atoms with Crippen LogP contribution in [-0.2, 0) is 28.8 Å². The number of likely N-dealkylation sites (N-methyl/N-ethyl adjacent to an activating group) is 1. The Kier molecular flexibility index (Phi) is 11.6. The second-order valence-electron chi connectivity index (χ2n) is 15.3. The number of rotatable bonds is 11. The van der Waals surface area contributed by atoms with Gasteiger partial charge < -0.3 is 25.7 Å². The minimum absolute atomic E-state index is 0.0437. The lowest BCUT2D eigenvalue weighted by molar-refractivity contribution is -0.145. The maximum Gasteiger partial charge on any atom is 0.289 e. The number of Topliss-reactive ketones (excluding diaryl/α,β-unsaturated/α-hetero) is 1. The van der Waals surface area contributed by atoms with Crippen LogP contribution in [0.3, 0.4) is 0 Å². The third kappa shape index (κ3) is 8.33. The lowest BCUT2D eigenvalue weighted by Gasteiger charge is -2.36. The van der Waals surface area contributed by atoms with E-state index < -0.39 is 52.6 Å². The number of fused-ring (bicyclic) bond motifs is 1. The molecule has 3 N–H and O–H groups in total. The zero-order valence-corrected chi connectivity index (χ0v) is 30.0.